The zero-order valence-corrected chi connectivity index (χ0v) is 20.5. The highest BCUT2D eigenvalue weighted by molar-refractivity contribution is 5.94. The predicted molar refractivity (Wildman–Crippen MR) is 140 cm³/mol. The largest absolute Gasteiger partial charge is 0.493 e. The van der Waals surface area contributed by atoms with Gasteiger partial charge in [0.15, 0.2) is 0 Å². The lowest BCUT2D eigenvalue weighted by molar-refractivity contribution is 0.0952. The molecule has 0 aromatic heterocycles. The molecule has 0 radical (unpaired) electrons. The summed E-state index contributed by atoms with van der Waals surface area (Å²) in [5.74, 6) is 1.84. The standard InChI is InChI=1S/C29H29N3O2.ClH/c30-17-21-8-13-28-26(16-21)27-19-32(18-25(27)20-34-28)15-5-4-14-31-29(33)24-11-9-23(10-12-24)22-6-2-1-3-7-22;/h1-3,6-13,16,25,27H,4-5,14-15,18-20H2,(H,31,33);1H. The Kier molecular flexibility index (Phi) is 8.07. The maximum atomic E-state index is 12.5. The van der Waals surface area contributed by atoms with Crippen molar-refractivity contribution in [1.82, 2.24) is 10.2 Å². The minimum absolute atomic E-state index is 0. The van der Waals surface area contributed by atoms with Gasteiger partial charge in [-0.05, 0) is 60.8 Å². The van der Waals surface area contributed by atoms with E-state index in [4.69, 9.17) is 4.74 Å². The smallest absolute Gasteiger partial charge is 0.251 e. The molecule has 0 aliphatic carbocycles. The van der Waals surface area contributed by atoms with Gasteiger partial charge in [-0.15, -0.1) is 12.4 Å². The van der Waals surface area contributed by atoms with Gasteiger partial charge in [-0.3, -0.25) is 4.79 Å². The molecule has 1 saturated heterocycles. The molecule has 1 fully saturated rings. The molecule has 5 nitrogen and oxygen atoms in total. The molecular weight excluding hydrogens is 458 g/mol. The van der Waals surface area contributed by atoms with E-state index in [2.05, 4.69) is 28.4 Å². The summed E-state index contributed by atoms with van der Waals surface area (Å²) in [5, 5.41) is 12.3. The van der Waals surface area contributed by atoms with Crippen molar-refractivity contribution in [3.63, 3.8) is 0 Å². The fourth-order valence-electron chi connectivity index (χ4n) is 5.11. The fraction of sp³-hybridized carbons (Fsp3) is 0.310. The van der Waals surface area contributed by atoms with Gasteiger partial charge in [-0.25, -0.2) is 0 Å². The van der Waals surface area contributed by atoms with Crippen LogP contribution in [0.15, 0.2) is 72.8 Å². The monoisotopic (exact) mass is 487 g/mol. The lowest BCUT2D eigenvalue weighted by atomic mass is 9.86. The lowest BCUT2D eigenvalue weighted by Crippen LogP contribution is -2.27. The van der Waals surface area contributed by atoms with Gasteiger partial charge >= 0.3 is 0 Å². The van der Waals surface area contributed by atoms with Gasteiger partial charge < -0.3 is 15.0 Å². The summed E-state index contributed by atoms with van der Waals surface area (Å²) in [5.41, 5.74) is 4.84. The number of carbonyl (C=O) groups is 1. The lowest BCUT2D eigenvalue weighted by Gasteiger charge is -2.27. The van der Waals surface area contributed by atoms with Crippen LogP contribution in [-0.4, -0.2) is 43.6 Å². The molecule has 0 spiro atoms. The van der Waals surface area contributed by atoms with Gasteiger partial charge in [0.25, 0.3) is 5.91 Å². The number of hydrogen-bond acceptors (Lipinski definition) is 4. The third kappa shape index (κ3) is 5.67. The molecule has 1 amide bonds. The average Bonchev–Trinajstić information content (AvgIpc) is 3.32. The maximum absolute atomic E-state index is 12.5. The summed E-state index contributed by atoms with van der Waals surface area (Å²) in [6, 6.07) is 26.0. The first-order valence-electron chi connectivity index (χ1n) is 12.0. The summed E-state index contributed by atoms with van der Waals surface area (Å²) < 4.78 is 5.95. The summed E-state index contributed by atoms with van der Waals surface area (Å²) in [6.07, 6.45) is 1.99. The first kappa shape index (κ1) is 24.8. The molecule has 3 aromatic rings. The van der Waals surface area contributed by atoms with Crippen LogP contribution in [-0.2, 0) is 0 Å². The Morgan fingerprint density at radius 2 is 1.77 bits per heavy atom. The van der Waals surface area contributed by atoms with E-state index >= 15 is 0 Å². The van der Waals surface area contributed by atoms with Crippen LogP contribution < -0.4 is 10.1 Å². The fourth-order valence-corrected chi connectivity index (χ4v) is 5.11. The first-order valence-corrected chi connectivity index (χ1v) is 12.0. The molecule has 1 N–H and O–H groups in total. The van der Waals surface area contributed by atoms with Crippen LogP contribution in [0.25, 0.3) is 11.1 Å². The first-order chi connectivity index (χ1) is 16.7. The number of likely N-dealkylation sites (tertiary alicyclic amines) is 1. The number of unbranched alkanes of at least 4 members (excludes halogenated alkanes) is 1. The van der Waals surface area contributed by atoms with Gasteiger partial charge in [0, 0.05) is 42.6 Å². The maximum Gasteiger partial charge on any atom is 0.251 e. The minimum Gasteiger partial charge on any atom is -0.493 e. The second kappa shape index (κ2) is 11.4. The Bertz CT molecular complexity index is 1190. The Morgan fingerprint density at radius 1 is 1.00 bits per heavy atom. The number of amides is 1. The SMILES string of the molecule is Cl.N#Cc1ccc2c(c1)C1CN(CCCCNC(=O)c3ccc(-c4ccccc4)cc3)CC1CO2. The second-order valence-corrected chi connectivity index (χ2v) is 9.21. The van der Waals surface area contributed by atoms with Crippen LogP contribution >= 0.6 is 12.4 Å². The third-order valence-electron chi connectivity index (χ3n) is 6.95. The zero-order valence-electron chi connectivity index (χ0n) is 19.7. The Hall–Kier alpha value is -3.33. The van der Waals surface area contributed by atoms with E-state index in [-0.39, 0.29) is 18.3 Å². The number of rotatable bonds is 7. The Morgan fingerprint density at radius 3 is 2.54 bits per heavy atom. The molecular formula is C29H30ClN3O2. The number of nitriles is 1. The Balaban J connectivity index is 0.00000289. The molecule has 2 heterocycles. The van der Waals surface area contributed by atoms with Crippen LogP contribution in [0.4, 0.5) is 0 Å². The van der Waals surface area contributed by atoms with Crippen LogP contribution in [0.3, 0.4) is 0 Å². The number of benzene rings is 3. The van der Waals surface area contributed by atoms with Crippen molar-refractivity contribution in [2.75, 3.05) is 32.8 Å². The molecule has 2 aliphatic rings. The number of ether oxygens (including phenoxy) is 1. The van der Waals surface area contributed by atoms with Crippen molar-refractivity contribution < 1.29 is 9.53 Å². The van der Waals surface area contributed by atoms with E-state index in [1.807, 2.05) is 60.7 Å². The van der Waals surface area contributed by atoms with Crippen molar-refractivity contribution >= 4 is 18.3 Å². The summed E-state index contributed by atoms with van der Waals surface area (Å²) in [4.78, 5) is 15.0. The number of hydrogen-bond donors (Lipinski definition) is 1. The molecule has 35 heavy (non-hydrogen) atoms. The van der Waals surface area contributed by atoms with Crippen LogP contribution in [0, 0.1) is 17.2 Å². The number of halogens is 1. The highest BCUT2D eigenvalue weighted by Crippen LogP contribution is 2.41. The third-order valence-corrected chi connectivity index (χ3v) is 6.95. The Labute approximate surface area is 213 Å². The average molecular weight is 488 g/mol. The van der Waals surface area contributed by atoms with Crippen molar-refractivity contribution in [3.8, 4) is 22.9 Å². The second-order valence-electron chi connectivity index (χ2n) is 9.21. The van der Waals surface area contributed by atoms with Crippen molar-refractivity contribution in [2.45, 2.75) is 18.8 Å². The molecule has 180 valence electrons. The summed E-state index contributed by atoms with van der Waals surface area (Å²) >= 11 is 0. The van der Waals surface area contributed by atoms with Gasteiger partial charge in [-0.2, -0.15) is 5.26 Å². The van der Waals surface area contributed by atoms with Crippen LogP contribution in [0.1, 0.15) is 40.2 Å². The topological polar surface area (TPSA) is 65.4 Å². The number of nitrogens with one attached hydrogen (secondary N) is 1. The molecule has 2 unspecified atom stereocenters. The molecule has 0 bridgehead atoms. The molecule has 2 atom stereocenters. The minimum atomic E-state index is -0.0196. The summed E-state index contributed by atoms with van der Waals surface area (Å²) in [6.45, 7) is 4.48. The number of nitrogens with zero attached hydrogens (tertiary/aromatic N) is 2. The predicted octanol–water partition coefficient (Wildman–Crippen LogP) is 5.27. The molecule has 3 aromatic carbocycles. The van der Waals surface area contributed by atoms with Crippen molar-refractivity contribution in [2.24, 2.45) is 5.92 Å². The summed E-state index contributed by atoms with van der Waals surface area (Å²) in [7, 11) is 0. The molecule has 0 saturated carbocycles. The van der Waals surface area contributed by atoms with E-state index in [1.165, 1.54) is 5.56 Å². The van der Waals surface area contributed by atoms with Gasteiger partial charge in [0.05, 0.1) is 18.2 Å². The van der Waals surface area contributed by atoms with Crippen molar-refractivity contribution in [1.29, 1.82) is 5.26 Å². The van der Waals surface area contributed by atoms with Crippen molar-refractivity contribution in [3.05, 3.63) is 89.5 Å². The van der Waals surface area contributed by atoms with E-state index < -0.39 is 0 Å². The van der Waals surface area contributed by atoms with E-state index in [1.54, 1.807) is 0 Å². The quantitative estimate of drug-likeness (QED) is 0.461. The molecule has 2 aliphatic heterocycles. The van der Waals surface area contributed by atoms with E-state index in [0.717, 1.165) is 56.0 Å². The van der Waals surface area contributed by atoms with E-state index in [0.29, 0.717) is 29.5 Å². The van der Waals surface area contributed by atoms with Crippen LogP contribution in [0.2, 0.25) is 0 Å². The normalized spacial score (nSPS) is 18.4. The van der Waals surface area contributed by atoms with Gasteiger partial charge in [0.2, 0.25) is 0 Å². The highest BCUT2D eigenvalue weighted by atomic mass is 35.5. The van der Waals surface area contributed by atoms with Gasteiger partial charge in [-0.1, -0.05) is 42.5 Å². The zero-order chi connectivity index (χ0) is 23.3. The molecule has 5 rings (SSSR count). The van der Waals surface area contributed by atoms with Crippen LogP contribution in [0.5, 0.6) is 5.75 Å². The molecule has 6 heteroatoms. The number of fused-ring (bicyclic) bond motifs is 3. The van der Waals surface area contributed by atoms with Gasteiger partial charge in [0.1, 0.15) is 5.75 Å². The van der Waals surface area contributed by atoms with E-state index in [9.17, 15) is 10.1 Å². The highest BCUT2D eigenvalue weighted by Gasteiger charge is 2.38. The number of carbonyl (C=O) groups excluding carboxylic acids is 1.